The molecule has 1 aliphatic rings. The number of carbonyl (C=O) groups is 2. The summed E-state index contributed by atoms with van der Waals surface area (Å²) >= 11 is 0. The molecule has 1 atom stereocenters. The van der Waals surface area contributed by atoms with Gasteiger partial charge in [0.05, 0.1) is 12.2 Å². The predicted molar refractivity (Wildman–Crippen MR) is 91.3 cm³/mol. The Morgan fingerprint density at radius 3 is 2.50 bits per heavy atom. The second-order valence-electron chi connectivity index (χ2n) is 7.55. The molecule has 132 valence electrons. The van der Waals surface area contributed by atoms with Crippen LogP contribution in [0.1, 0.15) is 51.8 Å². The van der Waals surface area contributed by atoms with Crippen molar-refractivity contribution >= 4 is 12.0 Å². The zero-order chi connectivity index (χ0) is 18.0. The van der Waals surface area contributed by atoms with Crippen molar-refractivity contribution in [2.45, 2.75) is 65.1 Å². The van der Waals surface area contributed by atoms with Gasteiger partial charge in [-0.05, 0) is 65.0 Å². The quantitative estimate of drug-likeness (QED) is 0.868. The minimum Gasteiger partial charge on any atom is -0.444 e. The van der Waals surface area contributed by atoms with Crippen molar-refractivity contribution in [3.8, 4) is 0 Å². The number of amides is 2. The van der Waals surface area contributed by atoms with E-state index >= 15 is 0 Å². The van der Waals surface area contributed by atoms with Gasteiger partial charge in [-0.1, -0.05) is 6.07 Å². The van der Waals surface area contributed by atoms with Crippen LogP contribution in [0, 0.1) is 12.8 Å². The molecular weight excluding hydrogens is 306 g/mol. The lowest BCUT2D eigenvalue weighted by Crippen LogP contribution is -2.59. The number of nitrogens with zero attached hydrogens (tertiary/aromatic N) is 1. The monoisotopic (exact) mass is 333 g/mol. The maximum absolute atomic E-state index is 12.7. The van der Waals surface area contributed by atoms with Gasteiger partial charge in [0, 0.05) is 6.20 Å². The molecule has 0 bridgehead atoms. The molecule has 1 heterocycles. The Morgan fingerprint density at radius 1 is 1.29 bits per heavy atom. The van der Waals surface area contributed by atoms with Crippen LogP contribution in [0.3, 0.4) is 0 Å². The average molecular weight is 333 g/mol. The van der Waals surface area contributed by atoms with E-state index in [1.165, 1.54) is 0 Å². The van der Waals surface area contributed by atoms with Gasteiger partial charge in [-0.2, -0.15) is 0 Å². The number of aryl methyl sites for hydroxylation is 1. The fraction of sp³-hybridized carbons (Fsp3) is 0.611. The number of rotatable bonds is 5. The van der Waals surface area contributed by atoms with Gasteiger partial charge in [-0.25, -0.2) is 4.79 Å². The fourth-order valence-electron chi connectivity index (χ4n) is 2.57. The first-order chi connectivity index (χ1) is 11.1. The highest BCUT2D eigenvalue weighted by Gasteiger charge is 2.48. The zero-order valence-corrected chi connectivity index (χ0v) is 15.1. The van der Waals surface area contributed by atoms with Gasteiger partial charge in [0.1, 0.15) is 11.1 Å². The first-order valence-electron chi connectivity index (χ1n) is 8.32. The Balaban J connectivity index is 2.02. The highest BCUT2D eigenvalue weighted by molar-refractivity contribution is 5.90. The van der Waals surface area contributed by atoms with Crippen molar-refractivity contribution in [2.24, 2.45) is 5.92 Å². The first kappa shape index (κ1) is 18.2. The first-order valence-corrected chi connectivity index (χ1v) is 8.32. The molecule has 6 heteroatoms. The van der Waals surface area contributed by atoms with Gasteiger partial charge in [0.25, 0.3) is 0 Å². The standard InChI is InChI=1S/C18H27N3O3/c1-12-7-6-10-19-14(12)11-20-15(22)18(5,13-8-9-13)21-16(23)24-17(2,3)4/h6-7,10,13H,8-9,11H2,1-5H3,(H,20,22)(H,21,23). The van der Waals surface area contributed by atoms with E-state index in [1.54, 1.807) is 33.9 Å². The third-order valence-corrected chi connectivity index (χ3v) is 4.16. The number of hydrogen-bond donors (Lipinski definition) is 2. The molecule has 1 saturated carbocycles. The highest BCUT2D eigenvalue weighted by atomic mass is 16.6. The van der Waals surface area contributed by atoms with Crippen LogP contribution in [0.15, 0.2) is 18.3 Å². The van der Waals surface area contributed by atoms with Crippen LogP contribution in [0.25, 0.3) is 0 Å². The van der Waals surface area contributed by atoms with E-state index < -0.39 is 17.2 Å². The summed E-state index contributed by atoms with van der Waals surface area (Å²) in [5, 5.41) is 5.67. The fourth-order valence-corrected chi connectivity index (χ4v) is 2.57. The Labute approximate surface area is 143 Å². The average Bonchev–Trinajstić information content (AvgIpc) is 3.28. The summed E-state index contributed by atoms with van der Waals surface area (Å²) in [6, 6.07) is 3.81. The van der Waals surface area contributed by atoms with E-state index in [9.17, 15) is 9.59 Å². The molecule has 2 N–H and O–H groups in total. The summed E-state index contributed by atoms with van der Waals surface area (Å²) < 4.78 is 5.30. The van der Waals surface area contributed by atoms with E-state index in [0.29, 0.717) is 6.54 Å². The van der Waals surface area contributed by atoms with Gasteiger partial charge < -0.3 is 15.4 Å². The Hall–Kier alpha value is -2.11. The number of nitrogens with one attached hydrogen (secondary N) is 2. The van der Waals surface area contributed by atoms with Gasteiger partial charge in [-0.15, -0.1) is 0 Å². The molecule has 24 heavy (non-hydrogen) atoms. The molecule has 0 spiro atoms. The predicted octanol–water partition coefficient (Wildman–Crippen LogP) is 2.70. The van der Waals surface area contributed by atoms with Gasteiger partial charge in [0.15, 0.2) is 0 Å². The van der Waals surface area contributed by atoms with E-state index in [-0.39, 0.29) is 11.8 Å². The summed E-state index contributed by atoms with van der Waals surface area (Å²) in [5.74, 6) is -0.0734. The molecule has 1 fully saturated rings. The normalized spacial score (nSPS) is 16.9. The molecule has 1 unspecified atom stereocenters. The van der Waals surface area contributed by atoms with Crippen molar-refractivity contribution in [1.82, 2.24) is 15.6 Å². The molecule has 0 aliphatic heterocycles. The molecule has 0 radical (unpaired) electrons. The highest BCUT2D eigenvalue weighted by Crippen LogP contribution is 2.40. The Bertz CT molecular complexity index is 620. The summed E-state index contributed by atoms with van der Waals surface area (Å²) in [4.78, 5) is 29.1. The molecule has 1 aromatic heterocycles. The van der Waals surface area contributed by atoms with Gasteiger partial charge in [0.2, 0.25) is 5.91 Å². The topological polar surface area (TPSA) is 80.3 Å². The van der Waals surface area contributed by atoms with E-state index in [0.717, 1.165) is 24.1 Å². The van der Waals surface area contributed by atoms with E-state index in [4.69, 9.17) is 4.74 Å². The molecule has 1 aliphatic carbocycles. The molecule has 2 amide bonds. The lowest BCUT2D eigenvalue weighted by atomic mass is 9.94. The van der Waals surface area contributed by atoms with Crippen molar-refractivity contribution in [3.05, 3.63) is 29.6 Å². The largest absolute Gasteiger partial charge is 0.444 e. The molecule has 6 nitrogen and oxygen atoms in total. The molecule has 0 saturated heterocycles. The second kappa shape index (κ2) is 6.79. The van der Waals surface area contributed by atoms with Crippen LogP contribution in [0.4, 0.5) is 4.79 Å². The van der Waals surface area contributed by atoms with Crippen molar-refractivity contribution in [2.75, 3.05) is 0 Å². The van der Waals surface area contributed by atoms with E-state index in [1.807, 2.05) is 19.1 Å². The smallest absolute Gasteiger partial charge is 0.408 e. The maximum Gasteiger partial charge on any atom is 0.408 e. The van der Waals surface area contributed by atoms with Crippen LogP contribution in [-0.4, -0.2) is 28.1 Å². The van der Waals surface area contributed by atoms with Crippen LogP contribution in [0.5, 0.6) is 0 Å². The summed E-state index contributed by atoms with van der Waals surface area (Å²) in [6.45, 7) is 9.44. The zero-order valence-electron chi connectivity index (χ0n) is 15.1. The molecule has 0 aromatic carbocycles. The number of carbonyl (C=O) groups excluding carboxylic acids is 2. The van der Waals surface area contributed by atoms with E-state index in [2.05, 4.69) is 15.6 Å². The van der Waals surface area contributed by atoms with Crippen LogP contribution in [0.2, 0.25) is 0 Å². The minimum absolute atomic E-state index is 0.134. The van der Waals surface area contributed by atoms with Crippen LogP contribution < -0.4 is 10.6 Å². The van der Waals surface area contributed by atoms with Gasteiger partial charge in [-0.3, -0.25) is 9.78 Å². The molecule has 1 aromatic rings. The second-order valence-corrected chi connectivity index (χ2v) is 7.55. The summed E-state index contributed by atoms with van der Waals surface area (Å²) in [7, 11) is 0. The minimum atomic E-state index is -0.967. The third-order valence-electron chi connectivity index (χ3n) is 4.16. The van der Waals surface area contributed by atoms with Crippen molar-refractivity contribution in [1.29, 1.82) is 0 Å². The summed E-state index contributed by atoms with van der Waals surface area (Å²) in [6.07, 6.45) is 2.97. The lowest BCUT2D eigenvalue weighted by molar-refractivity contribution is -0.128. The number of alkyl carbamates (subject to hydrolysis) is 1. The van der Waals surface area contributed by atoms with Crippen LogP contribution in [-0.2, 0) is 16.1 Å². The van der Waals surface area contributed by atoms with Gasteiger partial charge >= 0.3 is 6.09 Å². The Kier molecular flexibility index (Phi) is 5.16. The third kappa shape index (κ3) is 4.69. The number of ether oxygens (including phenoxy) is 1. The number of hydrogen-bond acceptors (Lipinski definition) is 4. The summed E-state index contributed by atoms with van der Waals surface area (Å²) in [5.41, 5.74) is 0.272. The SMILES string of the molecule is Cc1cccnc1CNC(=O)C(C)(NC(=O)OC(C)(C)C)C1CC1. The van der Waals surface area contributed by atoms with Crippen LogP contribution >= 0.6 is 0 Å². The molecule has 2 rings (SSSR count). The molecular formula is C18H27N3O3. The number of pyridine rings is 1. The maximum atomic E-state index is 12.7. The van der Waals surface area contributed by atoms with Crippen molar-refractivity contribution in [3.63, 3.8) is 0 Å². The lowest BCUT2D eigenvalue weighted by Gasteiger charge is -2.31. The Morgan fingerprint density at radius 2 is 1.96 bits per heavy atom. The van der Waals surface area contributed by atoms with Crippen molar-refractivity contribution < 1.29 is 14.3 Å². The number of aromatic nitrogens is 1.